The number of hydrogen-bond acceptors (Lipinski definition) is 5. The molecule has 0 aromatic heterocycles. The first-order chi connectivity index (χ1) is 12.1. The van der Waals surface area contributed by atoms with Crippen LogP contribution in [0.3, 0.4) is 0 Å². The molecule has 9 heteroatoms. The van der Waals surface area contributed by atoms with Gasteiger partial charge >= 0.3 is 0 Å². The number of nitrogens with zero attached hydrogens (tertiary/aromatic N) is 1. The van der Waals surface area contributed by atoms with Gasteiger partial charge in [-0.05, 0) is 29.8 Å². The maximum absolute atomic E-state index is 12.0. The topological polar surface area (TPSA) is 92.8 Å². The second-order valence-electron chi connectivity index (χ2n) is 5.77. The summed E-state index contributed by atoms with van der Waals surface area (Å²) in [6, 6.07) is 16.3. The van der Waals surface area contributed by atoms with Crippen LogP contribution in [-0.2, 0) is 26.7 Å². The minimum absolute atomic E-state index is 0.00385. The minimum atomic E-state index is -3.55. The Morgan fingerprint density at radius 2 is 1.54 bits per heavy atom. The third kappa shape index (κ3) is 6.66. The van der Waals surface area contributed by atoms with Crippen molar-refractivity contribution in [1.82, 2.24) is 4.72 Å². The van der Waals surface area contributed by atoms with E-state index in [1.54, 1.807) is 24.3 Å². The molecule has 0 bridgehead atoms. The van der Waals surface area contributed by atoms with Crippen LogP contribution in [-0.4, -0.2) is 42.4 Å². The normalized spacial score (nSPS) is 11.9. The van der Waals surface area contributed by atoms with E-state index in [0.717, 1.165) is 22.4 Å². The zero-order chi connectivity index (χ0) is 19.2. The molecule has 0 saturated heterocycles. The van der Waals surface area contributed by atoms with Crippen LogP contribution in [0.25, 0.3) is 0 Å². The van der Waals surface area contributed by atoms with Crippen molar-refractivity contribution < 1.29 is 21.6 Å². The molecule has 0 aliphatic carbocycles. The number of ether oxygens (including phenoxy) is 1. The highest BCUT2D eigenvalue weighted by Crippen LogP contribution is 2.22. The number of anilines is 1. The van der Waals surface area contributed by atoms with Gasteiger partial charge in [-0.15, -0.1) is 0 Å². The van der Waals surface area contributed by atoms with Crippen molar-refractivity contribution in [2.24, 2.45) is 0 Å². The van der Waals surface area contributed by atoms with Gasteiger partial charge in [0.25, 0.3) is 0 Å². The zero-order valence-electron chi connectivity index (χ0n) is 14.6. The molecule has 0 heterocycles. The van der Waals surface area contributed by atoms with Gasteiger partial charge < -0.3 is 4.74 Å². The molecular weight excluding hydrogens is 376 g/mol. The highest BCUT2D eigenvalue weighted by Gasteiger charge is 2.17. The molecule has 0 aliphatic heterocycles. The van der Waals surface area contributed by atoms with Gasteiger partial charge in [0.1, 0.15) is 12.4 Å². The molecule has 0 atom stereocenters. The summed E-state index contributed by atoms with van der Waals surface area (Å²) in [4.78, 5) is 0. The van der Waals surface area contributed by atoms with Crippen LogP contribution in [0.2, 0.25) is 0 Å². The summed E-state index contributed by atoms with van der Waals surface area (Å²) in [6.45, 7) is 0.391. The average Bonchev–Trinajstić information content (AvgIpc) is 2.56. The fourth-order valence-electron chi connectivity index (χ4n) is 2.27. The Kier molecular flexibility index (Phi) is 6.63. The third-order valence-electron chi connectivity index (χ3n) is 3.45. The molecule has 2 rings (SSSR count). The van der Waals surface area contributed by atoms with Crippen molar-refractivity contribution in [1.29, 1.82) is 0 Å². The summed E-state index contributed by atoms with van der Waals surface area (Å²) in [5.74, 6) is 0.611. The molecule has 2 aromatic rings. The third-order valence-corrected chi connectivity index (χ3v) is 5.38. The number of sulfonamides is 2. The molecule has 0 unspecified atom stereocenters. The Hall–Kier alpha value is -2.10. The lowest BCUT2D eigenvalue weighted by Gasteiger charge is -2.22. The van der Waals surface area contributed by atoms with Crippen molar-refractivity contribution in [3.63, 3.8) is 0 Å². The monoisotopic (exact) mass is 398 g/mol. The van der Waals surface area contributed by atoms with Crippen LogP contribution in [0, 0.1) is 0 Å². The van der Waals surface area contributed by atoms with E-state index in [2.05, 4.69) is 4.72 Å². The fraction of sp³-hybridized carbons (Fsp3) is 0.294. The van der Waals surface area contributed by atoms with Crippen LogP contribution in [0.15, 0.2) is 54.6 Å². The number of benzene rings is 2. The fourth-order valence-corrected chi connectivity index (χ4v) is 3.66. The molecule has 0 amide bonds. The van der Waals surface area contributed by atoms with Gasteiger partial charge in [-0.1, -0.05) is 30.3 Å². The number of hydrogen-bond donors (Lipinski definition) is 1. The Morgan fingerprint density at radius 1 is 0.923 bits per heavy atom. The van der Waals surface area contributed by atoms with Crippen molar-refractivity contribution in [2.45, 2.75) is 6.61 Å². The molecule has 7 nitrogen and oxygen atoms in total. The van der Waals surface area contributed by atoms with E-state index < -0.39 is 20.0 Å². The van der Waals surface area contributed by atoms with E-state index in [9.17, 15) is 16.8 Å². The molecule has 1 N–H and O–H groups in total. The molecule has 0 radical (unpaired) electrons. The summed E-state index contributed by atoms with van der Waals surface area (Å²) in [5, 5.41) is 0. The predicted octanol–water partition coefficient (Wildman–Crippen LogP) is 1.58. The van der Waals surface area contributed by atoms with Gasteiger partial charge in [-0.3, -0.25) is 4.31 Å². The molecule has 2 aromatic carbocycles. The largest absolute Gasteiger partial charge is 0.489 e. The Morgan fingerprint density at radius 3 is 2.08 bits per heavy atom. The van der Waals surface area contributed by atoms with Gasteiger partial charge in [0.2, 0.25) is 20.0 Å². The summed E-state index contributed by atoms with van der Waals surface area (Å²) in [6.07, 6.45) is 2.10. The summed E-state index contributed by atoms with van der Waals surface area (Å²) < 4.78 is 55.4. The first-order valence-electron chi connectivity index (χ1n) is 7.84. The SMILES string of the molecule is CS(=O)(=O)NCCN(c1ccc(OCc2ccccc2)cc1)S(C)(=O)=O. The van der Waals surface area contributed by atoms with Crippen LogP contribution in [0.1, 0.15) is 5.56 Å². The first kappa shape index (κ1) is 20.2. The smallest absolute Gasteiger partial charge is 0.232 e. The van der Waals surface area contributed by atoms with Crippen molar-refractivity contribution in [2.75, 3.05) is 29.9 Å². The Balaban J connectivity index is 2.04. The van der Waals surface area contributed by atoms with E-state index in [1.807, 2.05) is 30.3 Å². The van der Waals surface area contributed by atoms with Gasteiger partial charge in [0.15, 0.2) is 0 Å². The van der Waals surface area contributed by atoms with Gasteiger partial charge in [-0.2, -0.15) is 0 Å². The van der Waals surface area contributed by atoms with Crippen LogP contribution < -0.4 is 13.8 Å². The molecule has 0 spiro atoms. The second-order valence-corrected chi connectivity index (χ2v) is 9.51. The summed E-state index contributed by atoms with van der Waals surface area (Å²) in [5.41, 5.74) is 1.47. The summed E-state index contributed by atoms with van der Waals surface area (Å²) >= 11 is 0. The van der Waals surface area contributed by atoms with Gasteiger partial charge in [0.05, 0.1) is 18.2 Å². The quantitative estimate of drug-likeness (QED) is 0.692. The van der Waals surface area contributed by atoms with E-state index in [1.165, 1.54) is 0 Å². The second kappa shape index (κ2) is 8.52. The first-order valence-corrected chi connectivity index (χ1v) is 11.6. The lowest BCUT2D eigenvalue weighted by molar-refractivity contribution is 0.306. The van der Waals surface area contributed by atoms with Gasteiger partial charge in [0, 0.05) is 13.1 Å². The number of rotatable bonds is 9. The number of nitrogens with one attached hydrogen (secondary N) is 1. The van der Waals surface area contributed by atoms with E-state index >= 15 is 0 Å². The minimum Gasteiger partial charge on any atom is -0.489 e. The summed E-state index contributed by atoms with van der Waals surface area (Å²) in [7, 11) is -6.93. The van der Waals surface area contributed by atoms with E-state index in [-0.39, 0.29) is 13.1 Å². The Bertz CT molecular complexity index is 911. The molecule has 0 aliphatic rings. The van der Waals surface area contributed by atoms with Crippen molar-refractivity contribution in [3.8, 4) is 5.75 Å². The standard InChI is InChI=1S/C17H22N2O5S2/c1-25(20,21)18-12-13-19(26(2,22)23)16-8-10-17(11-9-16)24-14-15-6-4-3-5-7-15/h3-11,18H,12-14H2,1-2H3. The maximum Gasteiger partial charge on any atom is 0.232 e. The zero-order valence-corrected chi connectivity index (χ0v) is 16.3. The molecule has 0 fully saturated rings. The van der Waals surface area contributed by atoms with E-state index in [0.29, 0.717) is 18.0 Å². The maximum atomic E-state index is 12.0. The van der Waals surface area contributed by atoms with Crippen molar-refractivity contribution in [3.05, 3.63) is 60.2 Å². The Labute approximate surface area is 154 Å². The molecular formula is C17H22N2O5S2. The van der Waals surface area contributed by atoms with Crippen molar-refractivity contribution >= 4 is 25.7 Å². The predicted molar refractivity (Wildman–Crippen MR) is 102 cm³/mol. The van der Waals surface area contributed by atoms with Crippen LogP contribution in [0.4, 0.5) is 5.69 Å². The molecule has 26 heavy (non-hydrogen) atoms. The van der Waals surface area contributed by atoms with Crippen LogP contribution >= 0.6 is 0 Å². The highest BCUT2D eigenvalue weighted by molar-refractivity contribution is 7.92. The van der Waals surface area contributed by atoms with E-state index in [4.69, 9.17) is 4.74 Å². The van der Waals surface area contributed by atoms with Crippen LogP contribution in [0.5, 0.6) is 5.75 Å². The molecule has 0 saturated carbocycles. The molecule has 142 valence electrons. The lowest BCUT2D eigenvalue weighted by atomic mass is 10.2. The lowest BCUT2D eigenvalue weighted by Crippen LogP contribution is -2.37. The average molecular weight is 399 g/mol. The van der Waals surface area contributed by atoms with Gasteiger partial charge in [-0.25, -0.2) is 21.6 Å². The highest BCUT2D eigenvalue weighted by atomic mass is 32.2.